The molecular weight excluding hydrogens is 198 g/mol. The Morgan fingerprint density at radius 3 is 2.29 bits per heavy atom. The normalized spacial score (nSPS) is 21.1. The highest BCUT2D eigenvalue weighted by Crippen LogP contribution is 2.19. The van der Waals surface area contributed by atoms with Crippen LogP contribution in [-0.4, -0.2) is 46.0 Å². The molecule has 3 nitrogen and oxygen atoms in total. The maximum absolute atomic E-state index is 11.3. The number of carbonyl (C=O) groups excluding carboxylic acids is 1. The lowest BCUT2D eigenvalue weighted by Gasteiger charge is -2.33. The molecule has 82 valence electrons. The molecule has 1 rings (SSSR count). The van der Waals surface area contributed by atoms with Gasteiger partial charge in [-0.3, -0.25) is 9.00 Å². The van der Waals surface area contributed by atoms with E-state index in [4.69, 9.17) is 0 Å². The summed E-state index contributed by atoms with van der Waals surface area (Å²) < 4.78 is 11.1. The molecule has 0 spiro atoms. The Morgan fingerprint density at radius 1 is 1.36 bits per heavy atom. The van der Waals surface area contributed by atoms with Crippen molar-refractivity contribution in [2.75, 3.05) is 31.1 Å². The van der Waals surface area contributed by atoms with Gasteiger partial charge in [-0.2, -0.15) is 0 Å². The fourth-order valence-electron chi connectivity index (χ4n) is 1.50. The molecule has 0 saturated carbocycles. The summed E-state index contributed by atoms with van der Waals surface area (Å²) in [5, 5.41) is 0. The van der Waals surface area contributed by atoms with E-state index < -0.39 is 10.8 Å². The first-order chi connectivity index (χ1) is 6.42. The zero-order valence-electron chi connectivity index (χ0n) is 9.21. The predicted octanol–water partition coefficient (Wildman–Crippen LogP) is 0.666. The number of hydrogen-bond acceptors (Lipinski definition) is 3. The molecule has 0 aromatic heterocycles. The Morgan fingerprint density at radius 2 is 1.86 bits per heavy atom. The van der Waals surface area contributed by atoms with E-state index in [1.807, 2.05) is 13.8 Å². The molecule has 0 bridgehead atoms. The molecule has 0 radical (unpaired) electrons. The van der Waals surface area contributed by atoms with Crippen molar-refractivity contribution >= 4 is 16.6 Å². The molecule has 1 saturated heterocycles. The Kier molecular flexibility index (Phi) is 3.84. The fraction of sp³-hybridized carbons (Fsp3) is 0.900. The van der Waals surface area contributed by atoms with Gasteiger partial charge in [-0.25, -0.2) is 0 Å². The maximum atomic E-state index is 11.3. The molecule has 1 heterocycles. The van der Waals surface area contributed by atoms with Gasteiger partial charge in [-0.1, -0.05) is 13.8 Å². The zero-order chi connectivity index (χ0) is 10.8. The first-order valence-corrected chi connectivity index (χ1v) is 6.49. The van der Waals surface area contributed by atoms with E-state index >= 15 is 0 Å². The maximum Gasteiger partial charge on any atom is 0.136 e. The number of carbonyl (C=O) groups is 1. The fourth-order valence-corrected chi connectivity index (χ4v) is 2.63. The molecule has 1 fully saturated rings. The van der Waals surface area contributed by atoms with Gasteiger partial charge in [-0.05, 0) is 6.92 Å². The molecule has 0 aliphatic carbocycles. The highest BCUT2D eigenvalue weighted by Gasteiger charge is 2.28. The predicted molar refractivity (Wildman–Crippen MR) is 58.8 cm³/mol. The van der Waals surface area contributed by atoms with Crippen molar-refractivity contribution in [1.29, 1.82) is 0 Å². The number of nitrogens with zero attached hydrogens (tertiary/aromatic N) is 1. The van der Waals surface area contributed by atoms with Crippen LogP contribution in [0.15, 0.2) is 0 Å². The molecule has 0 aromatic carbocycles. The average molecular weight is 217 g/mol. The summed E-state index contributed by atoms with van der Waals surface area (Å²) in [4.78, 5) is 13.6. The van der Waals surface area contributed by atoms with E-state index in [0.717, 1.165) is 31.1 Å². The van der Waals surface area contributed by atoms with Crippen LogP contribution < -0.4 is 0 Å². The number of Topliss-reactive ketones (excluding diaryl/α,β-unsaturated/α-hetero) is 1. The molecule has 1 aliphatic heterocycles. The second kappa shape index (κ2) is 4.53. The van der Waals surface area contributed by atoms with Gasteiger partial charge in [0, 0.05) is 47.4 Å². The summed E-state index contributed by atoms with van der Waals surface area (Å²) in [6.07, 6.45) is 0. The Balaban J connectivity index is 2.45. The summed E-state index contributed by atoms with van der Waals surface area (Å²) >= 11 is 0. The second-order valence-electron chi connectivity index (χ2n) is 4.56. The quantitative estimate of drug-likeness (QED) is 0.697. The molecule has 14 heavy (non-hydrogen) atoms. The van der Waals surface area contributed by atoms with Crippen LogP contribution in [0.3, 0.4) is 0 Å². The third kappa shape index (κ3) is 3.17. The highest BCUT2D eigenvalue weighted by atomic mass is 32.2. The molecule has 1 aliphatic rings. The van der Waals surface area contributed by atoms with E-state index in [1.54, 1.807) is 6.92 Å². The van der Waals surface area contributed by atoms with Crippen molar-refractivity contribution in [2.24, 2.45) is 5.41 Å². The van der Waals surface area contributed by atoms with Crippen LogP contribution in [0, 0.1) is 5.41 Å². The van der Waals surface area contributed by atoms with Gasteiger partial charge in [0.25, 0.3) is 0 Å². The third-order valence-electron chi connectivity index (χ3n) is 2.84. The summed E-state index contributed by atoms with van der Waals surface area (Å²) in [6.45, 7) is 8.11. The van der Waals surface area contributed by atoms with Gasteiger partial charge in [0.15, 0.2) is 0 Å². The highest BCUT2D eigenvalue weighted by molar-refractivity contribution is 7.85. The number of ketones is 1. The van der Waals surface area contributed by atoms with Crippen LogP contribution in [0.25, 0.3) is 0 Å². The van der Waals surface area contributed by atoms with Gasteiger partial charge in [0.1, 0.15) is 5.78 Å². The van der Waals surface area contributed by atoms with Crippen molar-refractivity contribution in [3.63, 3.8) is 0 Å². The monoisotopic (exact) mass is 217 g/mol. The number of hydrogen-bond donors (Lipinski definition) is 0. The van der Waals surface area contributed by atoms with E-state index in [1.165, 1.54) is 0 Å². The first-order valence-electron chi connectivity index (χ1n) is 5.00. The van der Waals surface area contributed by atoms with E-state index in [2.05, 4.69) is 4.90 Å². The van der Waals surface area contributed by atoms with Gasteiger partial charge >= 0.3 is 0 Å². The molecule has 4 heteroatoms. The number of rotatable bonds is 3. The minimum Gasteiger partial charge on any atom is -0.301 e. The Labute approximate surface area is 88.3 Å². The Hall–Kier alpha value is -0.220. The van der Waals surface area contributed by atoms with Gasteiger partial charge in [0.2, 0.25) is 0 Å². The summed E-state index contributed by atoms with van der Waals surface area (Å²) in [6, 6.07) is 0. The van der Waals surface area contributed by atoms with Crippen molar-refractivity contribution in [3.8, 4) is 0 Å². The third-order valence-corrected chi connectivity index (χ3v) is 4.12. The van der Waals surface area contributed by atoms with E-state index in [9.17, 15) is 9.00 Å². The zero-order valence-corrected chi connectivity index (χ0v) is 10.0. The molecular formula is C10H19NO2S. The lowest BCUT2D eigenvalue weighted by molar-refractivity contribution is -0.125. The van der Waals surface area contributed by atoms with Crippen molar-refractivity contribution in [1.82, 2.24) is 4.90 Å². The van der Waals surface area contributed by atoms with Crippen LogP contribution in [0.1, 0.15) is 20.8 Å². The molecule has 0 unspecified atom stereocenters. The van der Waals surface area contributed by atoms with Crippen molar-refractivity contribution < 1.29 is 9.00 Å². The van der Waals surface area contributed by atoms with Gasteiger partial charge in [0.05, 0.1) is 0 Å². The van der Waals surface area contributed by atoms with Crippen molar-refractivity contribution in [3.05, 3.63) is 0 Å². The largest absolute Gasteiger partial charge is 0.301 e. The van der Waals surface area contributed by atoms with Crippen LogP contribution in [0.5, 0.6) is 0 Å². The van der Waals surface area contributed by atoms with Crippen LogP contribution >= 0.6 is 0 Å². The molecule has 0 amide bonds. The average Bonchev–Trinajstić information content (AvgIpc) is 2.08. The SMILES string of the molecule is CC(=O)C(C)(C)CN1CCS(=O)CC1. The van der Waals surface area contributed by atoms with E-state index in [-0.39, 0.29) is 11.2 Å². The smallest absolute Gasteiger partial charge is 0.136 e. The minimum absolute atomic E-state index is 0.226. The first kappa shape index (κ1) is 11.9. The van der Waals surface area contributed by atoms with Gasteiger partial charge < -0.3 is 4.90 Å². The topological polar surface area (TPSA) is 37.4 Å². The standard InChI is InChI=1S/C10H19NO2S/c1-9(12)10(2,3)8-11-4-6-14(13)7-5-11/h4-8H2,1-3H3. The van der Waals surface area contributed by atoms with Crippen LogP contribution in [-0.2, 0) is 15.6 Å². The second-order valence-corrected chi connectivity index (χ2v) is 6.26. The molecule has 0 atom stereocenters. The minimum atomic E-state index is -0.627. The lowest BCUT2D eigenvalue weighted by Crippen LogP contribution is -2.44. The van der Waals surface area contributed by atoms with E-state index in [0.29, 0.717) is 0 Å². The Bertz CT molecular complexity index is 241. The van der Waals surface area contributed by atoms with Crippen LogP contribution in [0.2, 0.25) is 0 Å². The lowest BCUT2D eigenvalue weighted by atomic mass is 9.88. The van der Waals surface area contributed by atoms with Crippen LogP contribution in [0.4, 0.5) is 0 Å². The molecule has 0 aromatic rings. The molecule has 0 N–H and O–H groups in total. The summed E-state index contributed by atoms with van der Waals surface area (Å²) in [7, 11) is -0.627. The van der Waals surface area contributed by atoms with Crippen molar-refractivity contribution in [2.45, 2.75) is 20.8 Å². The van der Waals surface area contributed by atoms with Gasteiger partial charge in [-0.15, -0.1) is 0 Å². The summed E-state index contributed by atoms with van der Waals surface area (Å²) in [5.74, 6) is 1.74. The summed E-state index contributed by atoms with van der Waals surface area (Å²) in [5.41, 5.74) is -0.265.